The van der Waals surface area contributed by atoms with Crippen LogP contribution in [0.1, 0.15) is 5.69 Å². The molecule has 3 aromatic heterocycles. The molecule has 0 atom stereocenters. The number of hydrogen-bond donors (Lipinski definition) is 2. The maximum Gasteiger partial charge on any atom is 0.174 e. The average Bonchev–Trinajstić information content (AvgIpc) is 2.98. The van der Waals surface area contributed by atoms with Gasteiger partial charge in [0.1, 0.15) is 5.69 Å². The van der Waals surface area contributed by atoms with Gasteiger partial charge in [0.2, 0.25) is 0 Å². The largest absolute Gasteiger partial charge is 0.380 e. The van der Waals surface area contributed by atoms with Gasteiger partial charge >= 0.3 is 0 Å². The van der Waals surface area contributed by atoms with Crippen molar-refractivity contribution < 1.29 is 0 Å². The van der Waals surface area contributed by atoms with E-state index < -0.39 is 0 Å². The second-order valence-electron chi connectivity index (χ2n) is 3.91. The smallest absolute Gasteiger partial charge is 0.174 e. The van der Waals surface area contributed by atoms with Crippen LogP contribution in [0.25, 0.3) is 21.0 Å². The monoisotopic (exact) mass is 257 g/mol. The molecule has 3 N–H and O–H groups in total. The predicted molar refractivity (Wildman–Crippen MR) is 72.1 cm³/mol. The summed E-state index contributed by atoms with van der Waals surface area (Å²) in [5.41, 5.74) is 8.54. The van der Waals surface area contributed by atoms with Gasteiger partial charge in [-0.25, -0.2) is 0 Å². The molecule has 0 bridgehead atoms. The summed E-state index contributed by atoms with van der Waals surface area (Å²) in [7, 11) is 0. The first-order chi connectivity index (χ1) is 8.74. The third-order valence-electron chi connectivity index (χ3n) is 2.61. The van der Waals surface area contributed by atoms with E-state index in [1.807, 2.05) is 31.3 Å². The molecule has 18 heavy (non-hydrogen) atoms. The Balaban J connectivity index is 1.99. The van der Waals surface area contributed by atoms with Gasteiger partial charge in [0.25, 0.3) is 0 Å². The van der Waals surface area contributed by atoms with Gasteiger partial charge in [-0.3, -0.25) is 4.98 Å². The van der Waals surface area contributed by atoms with E-state index in [0.717, 1.165) is 21.0 Å². The van der Waals surface area contributed by atoms with E-state index >= 15 is 0 Å². The van der Waals surface area contributed by atoms with Crippen molar-refractivity contribution in [1.82, 2.24) is 20.4 Å². The average molecular weight is 257 g/mol. The maximum absolute atomic E-state index is 5.73. The Morgan fingerprint density at radius 3 is 2.61 bits per heavy atom. The number of aromatic nitrogens is 4. The van der Waals surface area contributed by atoms with Crippen LogP contribution in [0.2, 0.25) is 0 Å². The number of aryl methyl sites for hydroxylation is 1. The van der Waals surface area contributed by atoms with Gasteiger partial charge < -0.3 is 5.73 Å². The first kappa shape index (κ1) is 10.9. The maximum atomic E-state index is 5.73. The van der Waals surface area contributed by atoms with E-state index in [1.165, 1.54) is 0 Å². The van der Waals surface area contributed by atoms with E-state index in [2.05, 4.69) is 26.5 Å². The van der Waals surface area contributed by atoms with Crippen molar-refractivity contribution in [2.45, 2.75) is 6.92 Å². The molecule has 0 aliphatic carbocycles. The lowest BCUT2D eigenvalue weighted by atomic mass is 10.2. The molecular formula is C12H11N5S. The van der Waals surface area contributed by atoms with Gasteiger partial charge in [-0.1, -0.05) is 6.07 Å². The second-order valence-corrected chi connectivity index (χ2v) is 4.99. The topological polar surface area (TPSA) is 80.5 Å². The van der Waals surface area contributed by atoms with Crippen LogP contribution in [0.4, 0.5) is 5.82 Å². The van der Waals surface area contributed by atoms with E-state index in [-0.39, 0.29) is 0 Å². The fraction of sp³-hybridized carbons (Fsp3) is 0.0833. The molecule has 0 unspecified atom stereocenters. The zero-order chi connectivity index (χ0) is 12.5. The van der Waals surface area contributed by atoms with Crippen molar-refractivity contribution in [2.24, 2.45) is 0 Å². The zero-order valence-electron chi connectivity index (χ0n) is 9.71. The minimum absolute atomic E-state index is 0.422. The van der Waals surface area contributed by atoms with Crippen molar-refractivity contribution in [2.75, 3.05) is 5.73 Å². The fourth-order valence-corrected chi connectivity index (χ4v) is 2.65. The Morgan fingerprint density at radius 1 is 1.11 bits per heavy atom. The lowest BCUT2D eigenvalue weighted by Gasteiger charge is -1.96. The minimum atomic E-state index is 0.422. The zero-order valence-corrected chi connectivity index (χ0v) is 10.5. The highest BCUT2D eigenvalue weighted by Gasteiger charge is 2.10. The molecular weight excluding hydrogens is 246 g/mol. The highest BCUT2D eigenvalue weighted by atomic mass is 32.1. The molecule has 3 rings (SSSR count). The predicted octanol–water partition coefficient (Wildman–Crippen LogP) is 2.49. The normalized spacial score (nSPS) is 10.7. The molecule has 0 amide bonds. The van der Waals surface area contributed by atoms with Crippen molar-refractivity contribution in [1.29, 1.82) is 0 Å². The molecule has 5 nitrogen and oxygen atoms in total. The summed E-state index contributed by atoms with van der Waals surface area (Å²) < 4.78 is 0. The van der Waals surface area contributed by atoms with E-state index in [4.69, 9.17) is 5.73 Å². The Morgan fingerprint density at radius 2 is 1.94 bits per heavy atom. The molecule has 0 saturated carbocycles. The van der Waals surface area contributed by atoms with E-state index in [9.17, 15) is 0 Å². The Labute approximate surface area is 108 Å². The van der Waals surface area contributed by atoms with Crippen LogP contribution in [0.15, 0.2) is 30.5 Å². The van der Waals surface area contributed by atoms with Crippen LogP contribution in [-0.4, -0.2) is 20.4 Å². The summed E-state index contributed by atoms with van der Waals surface area (Å²) in [5.74, 6) is 0.422. The Kier molecular flexibility index (Phi) is 2.56. The highest BCUT2D eigenvalue weighted by molar-refractivity contribution is 7.18. The SMILES string of the molecule is Cc1ccc(-c2ccc(-c3n[nH]nc3N)s2)cn1. The molecule has 0 aliphatic rings. The number of H-pyrrole nitrogens is 1. The van der Waals surface area contributed by atoms with E-state index in [1.54, 1.807) is 11.3 Å². The fourth-order valence-electron chi connectivity index (χ4n) is 1.65. The van der Waals surface area contributed by atoms with Crippen molar-refractivity contribution in [3.05, 3.63) is 36.2 Å². The number of anilines is 1. The van der Waals surface area contributed by atoms with Gasteiger partial charge in [0, 0.05) is 22.3 Å². The molecule has 90 valence electrons. The molecule has 0 radical (unpaired) electrons. The van der Waals surface area contributed by atoms with Crippen molar-refractivity contribution in [3.63, 3.8) is 0 Å². The molecule has 3 heterocycles. The molecule has 0 saturated heterocycles. The lowest BCUT2D eigenvalue weighted by molar-refractivity contribution is 0.946. The van der Waals surface area contributed by atoms with Crippen LogP contribution in [0, 0.1) is 6.92 Å². The summed E-state index contributed by atoms with van der Waals surface area (Å²) in [6, 6.07) is 8.10. The van der Waals surface area contributed by atoms with Crippen LogP contribution >= 0.6 is 11.3 Å². The number of pyridine rings is 1. The quantitative estimate of drug-likeness (QED) is 0.739. The number of nitrogen functional groups attached to an aromatic ring is 1. The molecule has 0 aromatic carbocycles. The van der Waals surface area contributed by atoms with Gasteiger partial charge in [0.05, 0.1) is 4.88 Å². The number of nitrogens with one attached hydrogen (secondary N) is 1. The molecule has 0 spiro atoms. The molecule has 0 aliphatic heterocycles. The summed E-state index contributed by atoms with van der Waals surface area (Å²) in [4.78, 5) is 6.43. The number of thiophene rings is 1. The third-order valence-corrected chi connectivity index (χ3v) is 3.75. The van der Waals surface area contributed by atoms with Crippen LogP contribution in [0.5, 0.6) is 0 Å². The molecule has 6 heteroatoms. The molecule has 0 fully saturated rings. The summed E-state index contributed by atoms with van der Waals surface area (Å²) >= 11 is 1.62. The van der Waals surface area contributed by atoms with Crippen LogP contribution in [0.3, 0.4) is 0 Å². The molecule has 3 aromatic rings. The van der Waals surface area contributed by atoms with Crippen LogP contribution < -0.4 is 5.73 Å². The first-order valence-corrected chi connectivity index (χ1v) is 6.25. The number of rotatable bonds is 2. The van der Waals surface area contributed by atoms with Gasteiger partial charge in [-0.05, 0) is 25.1 Å². The number of hydrogen-bond acceptors (Lipinski definition) is 5. The van der Waals surface area contributed by atoms with Crippen LogP contribution in [-0.2, 0) is 0 Å². The Hall–Kier alpha value is -2.21. The van der Waals surface area contributed by atoms with E-state index in [0.29, 0.717) is 11.5 Å². The first-order valence-electron chi connectivity index (χ1n) is 5.43. The summed E-state index contributed by atoms with van der Waals surface area (Å²) in [6.45, 7) is 1.97. The van der Waals surface area contributed by atoms with Crippen molar-refractivity contribution >= 4 is 17.2 Å². The summed E-state index contributed by atoms with van der Waals surface area (Å²) in [6.07, 6.45) is 1.87. The number of nitrogens with zero attached hydrogens (tertiary/aromatic N) is 3. The standard InChI is InChI=1S/C12H11N5S/c1-7-2-3-8(6-14-7)9-4-5-10(18-9)11-12(13)16-17-15-11/h2-6H,1H3,(H3,13,15,16,17). The van der Waals surface area contributed by atoms with Crippen molar-refractivity contribution in [3.8, 4) is 21.0 Å². The minimum Gasteiger partial charge on any atom is -0.380 e. The highest BCUT2D eigenvalue weighted by Crippen LogP contribution is 2.34. The summed E-state index contributed by atoms with van der Waals surface area (Å²) in [5, 5.41) is 10.4. The van der Waals surface area contributed by atoms with Gasteiger partial charge in [-0.15, -0.1) is 16.4 Å². The second kappa shape index (κ2) is 4.23. The Bertz CT molecular complexity index is 668. The number of nitrogens with two attached hydrogens (primary N) is 1. The lowest BCUT2D eigenvalue weighted by Crippen LogP contribution is -1.86. The van der Waals surface area contributed by atoms with Gasteiger partial charge in [0.15, 0.2) is 5.82 Å². The third kappa shape index (κ3) is 1.86. The van der Waals surface area contributed by atoms with Gasteiger partial charge in [-0.2, -0.15) is 10.3 Å². The number of aromatic amines is 1.